The molecule has 0 saturated heterocycles. The van der Waals surface area contributed by atoms with E-state index in [4.69, 9.17) is 4.74 Å². The fourth-order valence-corrected chi connectivity index (χ4v) is 3.57. The maximum atomic E-state index is 11.6. The largest absolute Gasteiger partial charge is 0.468 e. The quantitative estimate of drug-likeness (QED) is 0.728. The standard InChI is InChI=1S/C12H23NO2S/c1-12(13-2,11(14)15-3)8-9-16-10-6-4-5-7-10/h10,13H,4-9H2,1-3H3. The number of rotatable bonds is 6. The van der Waals surface area contributed by atoms with Crippen molar-refractivity contribution in [1.82, 2.24) is 5.32 Å². The molecular formula is C12H23NO2S. The van der Waals surface area contributed by atoms with Crippen molar-refractivity contribution in [3.63, 3.8) is 0 Å². The molecule has 1 unspecified atom stereocenters. The predicted octanol–water partition coefficient (Wildman–Crippen LogP) is 2.20. The SMILES string of the molecule is CNC(C)(CCSC1CCCC1)C(=O)OC. The Kier molecular flexibility index (Phi) is 5.62. The normalized spacial score (nSPS) is 20.7. The van der Waals surface area contributed by atoms with Crippen molar-refractivity contribution < 1.29 is 9.53 Å². The molecule has 1 saturated carbocycles. The lowest BCUT2D eigenvalue weighted by Gasteiger charge is -2.26. The second kappa shape index (κ2) is 6.50. The zero-order valence-corrected chi connectivity index (χ0v) is 11.4. The number of ether oxygens (including phenoxy) is 1. The van der Waals surface area contributed by atoms with Crippen LogP contribution >= 0.6 is 11.8 Å². The van der Waals surface area contributed by atoms with Crippen LogP contribution in [0.4, 0.5) is 0 Å². The first-order chi connectivity index (χ1) is 7.62. The third-order valence-corrected chi connectivity index (χ3v) is 4.83. The van der Waals surface area contributed by atoms with Crippen LogP contribution < -0.4 is 5.32 Å². The number of methoxy groups -OCH3 is 1. The Morgan fingerprint density at radius 2 is 2.12 bits per heavy atom. The number of nitrogens with one attached hydrogen (secondary N) is 1. The Morgan fingerprint density at radius 3 is 2.62 bits per heavy atom. The van der Waals surface area contributed by atoms with Gasteiger partial charge in [0.2, 0.25) is 0 Å². The molecule has 0 spiro atoms. The first-order valence-electron chi connectivity index (χ1n) is 6.01. The van der Waals surface area contributed by atoms with Gasteiger partial charge in [0.15, 0.2) is 0 Å². The van der Waals surface area contributed by atoms with E-state index in [1.165, 1.54) is 32.8 Å². The summed E-state index contributed by atoms with van der Waals surface area (Å²) in [6.07, 6.45) is 6.27. The molecule has 0 aromatic rings. The van der Waals surface area contributed by atoms with Gasteiger partial charge in [-0.15, -0.1) is 0 Å². The maximum Gasteiger partial charge on any atom is 0.325 e. The lowest BCUT2D eigenvalue weighted by Crippen LogP contribution is -2.48. The van der Waals surface area contributed by atoms with Crippen molar-refractivity contribution in [2.45, 2.75) is 49.8 Å². The van der Waals surface area contributed by atoms with Crippen LogP contribution in [-0.4, -0.2) is 36.7 Å². The molecule has 94 valence electrons. The number of thioether (sulfide) groups is 1. The minimum absolute atomic E-state index is 0.165. The van der Waals surface area contributed by atoms with Crippen molar-refractivity contribution in [3.8, 4) is 0 Å². The molecule has 0 amide bonds. The van der Waals surface area contributed by atoms with E-state index in [9.17, 15) is 4.79 Å². The van der Waals surface area contributed by atoms with Crippen molar-refractivity contribution in [3.05, 3.63) is 0 Å². The second-order valence-electron chi connectivity index (χ2n) is 4.60. The molecule has 0 bridgehead atoms. The van der Waals surface area contributed by atoms with Crippen LogP contribution in [0.1, 0.15) is 39.0 Å². The fraction of sp³-hybridized carbons (Fsp3) is 0.917. The van der Waals surface area contributed by atoms with E-state index in [0.29, 0.717) is 0 Å². The number of carbonyl (C=O) groups is 1. The molecule has 0 aliphatic heterocycles. The van der Waals surface area contributed by atoms with Gasteiger partial charge in [-0.05, 0) is 39.0 Å². The molecule has 1 fully saturated rings. The average molecular weight is 245 g/mol. The van der Waals surface area contributed by atoms with E-state index < -0.39 is 5.54 Å². The number of hydrogen-bond acceptors (Lipinski definition) is 4. The van der Waals surface area contributed by atoms with Gasteiger partial charge in [0.1, 0.15) is 5.54 Å². The first-order valence-corrected chi connectivity index (χ1v) is 7.06. The Morgan fingerprint density at radius 1 is 1.50 bits per heavy atom. The zero-order valence-electron chi connectivity index (χ0n) is 10.5. The van der Waals surface area contributed by atoms with Crippen molar-refractivity contribution in [2.24, 2.45) is 0 Å². The van der Waals surface area contributed by atoms with Crippen molar-refractivity contribution in [2.75, 3.05) is 19.9 Å². The minimum Gasteiger partial charge on any atom is -0.468 e. The van der Waals surface area contributed by atoms with Gasteiger partial charge in [0.25, 0.3) is 0 Å². The van der Waals surface area contributed by atoms with Gasteiger partial charge in [0, 0.05) is 5.25 Å². The Bertz CT molecular complexity index is 229. The van der Waals surface area contributed by atoms with E-state index in [0.717, 1.165) is 17.4 Å². The number of esters is 1. The van der Waals surface area contributed by atoms with Gasteiger partial charge in [0.05, 0.1) is 7.11 Å². The third-order valence-electron chi connectivity index (χ3n) is 3.45. The predicted molar refractivity (Wildman–Crippen MR) is 68.8 cm³/mol. The molecule has 0 aromatic carbocycles. The lowest BCUT2D eigenvalue weighted by molar-refractivity contribution is -0.147. The van der Waals surface area contributed by atoms with Crippen LogP contribution in [0.2, 0.25) is 0 Å². The summed E-state index contributed by atoms with van der Waals surface area (Å²) in [5.74, 6) is 0.860. The molecule has 1 atom stereocenters. The molecule has 16 heavy (non-hydrogen) atoms. The molecule has 4 heteroatoms. The molecular weight excluding hydrogens is 222 g/mol. The zero-order chi connectivity index (χ0) is 12.0. The van der Waals surface area contributed by atoms with Crippen LogP contribution in [0.3, 0.4) is 0 Å². The van der Waals surface area contributed by atoms with E-state index in [1.807, 2.05) is 25.7 Å². The summed E-state index contributed by atoms with van der Waals surface area (Å²) in [4.78, 5) is 11.6. The minimum atomic E-state index is -0.527. The molecule has 1 aliphatic carbocycles. The Labute approximate surface area is 103 Å². The highest BCUT2D eigenvalue weighted by Gasteiger charge is 2.32. The number of carbonyl (C=O) groups excluding carboxylic acids is 1. The summed E-state index contributed by atoms with van der Waals surface area (Å²) in [5.41, 5.74) is -0.527. The number of likely N-dealkylation sites (N-methyl/N-ethyl adjacent to an activating group) is 1. The number of hydrogen-bond donors (Lipinski definition) is 1. The molecule has 1 N–H and O–H groups in total. The van der Waals surface area contributed by atoms with Gasteiger partial charge < -0.3 is 10.1 Å². The summed E-state index contributed by atoms with van der Waals surface area (Å²) in [6, 6.07) is 0. The lowest BCUT2D eigenvalue weighted by atomic mass is 10.00. The highest BCUT2D eigenvalue weighted by atomic mass is 32.2. The molecule has 0 aromatic heterocycles. The molecule has 3 nitrogen and oxygen atoms in total. The second-order valence-corrected chi connectivity index (χ2v) is 6.01. The topological polar surface area (TPSA) is 38.3 Å². The van der Waals surface area contributed by atoms with Crippen LogP contribution in [0, 0.1) is 0 Å². The van der Waals surface area contributed by atoms with Gasteiger partial charge in [-0.1, -0.05) is 12.8 Å². The third kappa shape index (κ3) is 3.67. The summed E-state index contributed by atoms with van der Waals surface area (Å²) in [6.45, 7) is 1.91. The van der Waals surface area contributed by atoms with E-state index in [-0.39, 0.29) is 5.97 Å². The van der Waals surface area contributed by atoms with Gasteiger partial charge >= 0.3 is 5.97 Å². The van der Waals surface area contributed by atoms with Crippen LogP contribution in [0.5, 0.6) is 0 Å². The molecule has 0 heterocycles. The van der Waals surface area contributed by atoms with Gasteiger partial charge in [-0.2, -0.15) is 11.8 Å². The monoisotopic (exact) mass is 245 g/mol. The Balaban J connectivity index is 2.29. The van der Waals surface area contributed by atoms with Crippen molar-refractivity contribution in [1.29, 1.82) is 0 Å². The maximum absolute atomic E-state index is 11.6. The van der Waals surface area contributed by atoms with E-state index >= 15 is 0 Å². The van der Waals surface area contributed by atoms with Crippen molar-refractivity contribution >= 4 is 17.7 Å². The Hall–Kier alpha value is -0.220. The summed E-state index contributed by atoms with van der Waals surface area (Å²) in [5, 5.41) is 3.88. The average Bonchev–Trinajstić information content (AvgIpc) is 2.80. The van der Waals surface area contributed by atoms with Crippen LogP contribution in [0.25, 0.3) is 0 Å². The summed E-state index contributed by atoms with van der Waals surface area (Å²) < 4.78 is 4.82. The van der Waals surface area contributed by atoms with Gasteiger partial charge in [-0.25, -0.2) is 0 Å². The highest BCUT2D eigenvalue weighted by Crippen LogP contribution is 2.30. The molecule has 0 radical (unpaired) electrons. The van der Waals surface area contributed by atoms with E-state index in [1.54, 1.807) is 0 Å². The molecule has 1 aliphatic rings. The first kappa shape index (κ1) is 13.8. The smallest absolute Gasteiger partial charge is 0.325 e. The van der Waals surface area contributed by atoms with Crippen LogP contribution in [-0.2, 0) is 9.53 Å². The van der Waals surface area contributed by atoms with E-state index in [2.05, 4.69) is 5.32 Å². The van der Waals surface area contributed by atoms with Crippen LogP contribution in [0.15, 0.2) is 0 Å². The van der Waals surface area contributed by atoms with Gasteiger partial charge in [-0.3, -0.25) is 4.79 Å². The summed E-state index contributed by atoms with van der Waals surface area (Å²) in [7, 11) is 3.26. The summed E-state index contributed by atoms with van der Waals surface area (Å²) >= 11 is 2.01. The molecule has 1 rings (SSSR count). The highest BCUT2D eigenvalue weighted by molar-refractivity contribution is 7.99. The fourth-order valence-electron chi connectivity index (χ4n) is 2.04.